The molecule has 2 atom stereocenters. The molecule has 2 aromatic rings. The molecule has 6 heteroatoms. The average molecular weight is 302 g/mol. The molecule has 0 bridgehead atoms. The highest BCUT2D eigenvalue weighted by atomic mass is 16.5. The predicted molar refractivity (Wildman–Crippen MR) is 82.5 cm³/mol. The molecule has 0 unspecified atom stereocenters. The molecule has 0 aromatic carbocycles. The first-order chi connectivity index (χ1) is 10.7. The molecule has 1 fully saturated rings. The van der Waals surface area contributed by atoms with Crippen LogP contribution in [0.4, 0.5) is 0 Å². The van der Waals surface area contributed by atoms with Gasteiger partial charge in [0.05, 0.1) is 0 Å². The summed E-state index contributed by atoms with van der Waals surface area (Å²) in [4.78, 5) is 19.6. The summed E-state index contributed by atoms with van der Waals surface area (Å²) < 4.78 is 7.91. The third kappa shape index (κ3) is 2.92. The molecule has 1 amide bonds. The van der Waals surface area contributed by atoms with Crippen molar-refractivity contribution in [2.45, 2.75) is 25.9 Å². The lowest BCUT2D eigenvalue weighted by Crippen LogP contribution is -2.36. The molecule has 1 saturated heterocycles. The Labute approximate surface area is 129 Å². The zero-order valence-corrected chi connectivity index (χ0v) is 13.0. The Morgan fingerprint density at radius 3 is 3.14 bits per heavy atom. The zero-order valence-electron chi connectivity index (χ0n) is 13.0. The van der Waals surface area contributed by atoms with Crippen LogP contribution in [0.5, 0.6) is 0 Å². The lowest BCUT2D eigenvalue weighted by molar-refractivity contribution is -0.0337. The maximum Gasteiger partial charge on any atom is 0.267 e. The highest BCUT2D eigenvalue weighted by Crippen LogP contribution is 2.32. The predicted octanol–water partition coefficient (Wildman–Crippen LogP) is 1.95. The SMILES string of the molecule is Cc1cc[nH]c1C(=O)NC[C@@H]1CCCO[C@H]1c1nccn1C. The van der Waals surface area contributed by atoms with Gasteiger partial charge in [-0.1, -0.05) is 0 Å². The first-order valence-electron chi connectivity index (χ1n) is 7.68. The van der Waals surface area contributed by atoms with Crippen LogP contribution >= 0.6 is 0 Å². The van der Waals surface area contributed by atoms with Crippen molar-refractivity contribution in [1.29, 1.82) is 0 Å². The molecule has 2 aromatic heterocycles. The van der Waals surface area contributed by atoms with Gasteiger partial charge in [-0.2, -0.15) is 0 Å². The number of imidazole rings is 1. The van der Waals surface area contributed by atoms with E-state index >= 15 is 0 Å². The molecule has 0 aliphatic carbocycles. The second-order valence-electron chi connectivity index (χ2n) is 5.84. The van der Waals surface area contributed by atoms with Crippen molar-refractivity contribution in [2.75, 3.05) is 13.2 Å². The molecule has 1 aliphatic heterocycles. The minimum atomic E-state index is -0.0633. The van der Waals surface area contributed by atoms with Crippen LogP contribution < -0.4 is 5.32 Å². The maximum absolute atomic E-state index is 12.2. The van der Waals surface area contributed by atoms with Crippen LogP contribution in [0.25, 0.3) is 0 Å². The highest BCUT2D eigenvalue weighted by molar-refractivity contribution is 5.93. The van der Waals surface area contributed by atoms with E-state index in [1.165, 1.54) is 0 Å². The number of hydrogen-bond acceptors (Lipinski definition) is 3. The highest BCUT2D eigenvalue weighted by Gasteiger charge is 2.30. The number of H-pyrrole nitrogens is 1. The van der Waals surface area contributed by atoms with E-state index in [-0.39, 0.29) is 17.9 Å². The van der Waals surface area contributed by atoms with Crippen LogP contribution in [0.15, 0.2) is 24.7 Å². The fraction of sp³-hybridized carbons (Fsp3) is 0.500. The van der Waals surface area contributed by atoms with Gasteiger partial charge in [-0.05, 0) is 31.4 Å². The Morgan fingerprint density at radius 1 is 1.59 bits per heavy atom. The summed E-state index contributed by atoms with van der Waals surface area (Å²) in [6, 6.07) is 1.90. The van der Waals surface area contributed by atoms with Gasteiger partial charge < -0.3 is 19.6 Å². The Morgan fingerprint density at radius 2 is 2.45 bits per heavy atom. The number of aryl methyl sites for hydroxylation is 2. The van der Waals surface area contributed by atoms with Gasteiger partial charge in [0.2, 0.25) is 0 Å². The molecule has 0 saturated carbocycles. The summed E-state index contributed by atoms with van der Waals surface area (Å²) in [5.41, 5.74) is 1.59. The lowest BCUT2D eigenvalue weighted by atomic mass is 9.93. The Hall–Kier alpha value is -2.08. The standard InChI is InChI=1S/C16H22N4O2/c1-11-5-6-17-13(11)16(21)19-10-12-4-3-9-22-14(12)15-18-7-8-20(15)2/h5-8,12,14,17H,3-4,9-10H2,1-2H3,(H,19,21)/t12-,14+/m0/s1. The number of ether oxygens (including phenoxy) is 1. The smallest absolute Gasteiger partial charge is 0.267 e. The van der Waals surface area contributed by atoms with Gasteiger partial charge in [0.1, 0.15) is 17.6 Å². The number of aromatic nitrogens is 3. The molecule has 3 heterocycles. The number of rotatable bonds is 4. The number of nitrogens with zero attached hydrogens (tertiary/aromatic N) is 2. The van der Waals surface area contributed by atoms with E-state index in [9.17, 15) is 4.79 Å². The van der Waals surface area contributed by atoms with Crippen LogP contribution in [0, 0.1) is 12.8 Å². The lowest BCUT2D eigenvalue weighted by Gasteiger charge is -2.31. The van der Waals surface area contributed by atoms with E-state index in [2.05, 4.69) is 15.3 Å². The number of hydrogen-bond donors (Lipinski definition) is 2. The fourth-order valence-corrected chi connectivity index (χ4v) is 2.99. The van der Waals surface area contributed by atoms with Crippen molar-refractivity contribution in [1.82, 2.24) is 19.9 Å². The van der Waals surface area contributed by atoms with E-state index in [4.69, 9.17) is 4.74 Å². The Balaban J connectivity index is 1.66. The number of carbonyl (C=O) groups is 1. The monoisotopic (exact) mass is 302 g/mol. The van der Waals surface area contributed by atoms with Gasteiger partial charge in [-0.25, -0.2) is 4.98 Å². The van der Waals surface area contributed by atoms with Crippen molar-refractivity contribution in [3.8, 4) is 0 Å². The van der Waals surface area contributed by atoms with E-state index in [0.717, 1.165) is 30.8 Å². The second kappa shape index (κ2) is 6.36. The average Bonchev–Trinajstić information content (AvgIpc) is 3.13. The van der Waals surface area contributed by atoms with Crippen LogP contribution in [0.3, 0.4) is 0 Å². The third-order valence-corrected chi connectivity index (χ3v) is 4.26. The summed E-state index contributed by atoms with van der Waals surface area (Å²) >= 11 is 0. The van der Waals surface area contributed by atoms with Crippen molar-refractivity contribution in [3.05, 3.63) is 41.7 Å². The first-order valence-corrected chi connectivity index (χ1v) is 7.68. The first kappa shape index (κ1) is 14.8. The van der Waals surface area contributed by atoms with Gasteiger partial charge in [-0.3, -0.25) is 4.79 Å². The Kier molecular flexibility index (Phi) is 4.29. The van der Waals surface area contributed by atoms with Crippen LogP contribution in [0.1, 0.15) is 40.8 Å². The molecule has 22 heavy (non-hydrogen) atoms. The van der Waals surface area contributed by atoms with Crippen molar-refractivity contribution < 1.29 is 9.53 Å². The zero-order chi connectivity index (χ0) is 15.5. The van der Waals surface area contributed by atoms with E-state index < -0.39 is 0 Å². The number of aromatic amines is 1. The normalized spacial score (nSPS) is 21.7. The van der Waals surface area contributed by atoms with E-state index in [1.807, 2.05) is 30.8 Å². The van der Waals surface area contributed by atoms with Crippen LogP contribution in [0.2, 0.25) is 0 Å². The molecule has 6 nitrogen and oxygen atoms in total. The quantitative estimate of drug-likeness (QED) is 0.907. The van der Waals surface area contributed by atoms with E-state index in [0.29, 0.717) is 12.2 Å². The van der Waals surface area contributed by atoms with Gasteiger partial charge in [0, 0.05) is 44.7 Å². The summed E-state index contributed by atoms with van der Waals surface area (Å²) in [5.74, 6) is 1.11. The molecule has 1 aliphatic rings. The largest absolute Gasteiger partial charge is 0.370 e. The molecule has 0 spiro atoms. The van der Waals surface area contributed by atoms with Crippen molar-refractivity contribution in [3.63, 3.8) is 0 Å². The summed E-state index contributed by atoms with van der Waals surface area (Å²) in [6.45, 7) is 3.26. The topological polar surface area (TPSA) is 71.9 Å². The summed E-state index contributed by atoms with van der Waals surface area (Å²) in [5, 5.41) is 3.02. The van der Waals surface area contributed by atoms with Gasteiger partial charge in [-0.15, -0.1) is 0 Å². The Bertz CT molecular complexity index is 646. The number of nitrogens with one attached hydrogen (secondary N) is 2. The molecule has 0 radical (unpaired) electrons. The van der Waals surface area contributed by atoms with Gasteiger partial charge >= 0.3 is 0 Å². The molecule has 118 valence electrons. The molecule has 2 N–H and O–H groups in total. The van der Waals surface area contributed by atoms with Crippen LogP contribution in [-0.2, 0) is 11.8 Å². The summed E-state index contributed by atoms with van der Waals surface area (Å²) in [7, 11) is 1.97. The maximum atomic E-state index is 12.2. The summed E-state index contributed by atoms with van der Waals surface area (Å²) in [6.07, 6.45) is 7.48. The van der Waals surface area contributed by atoms with E-state index in [1.54, 1.807) is 12.4 Å². The minimum absolute atomic E-state index is 0.0567. The van der Waals surface area contributed by atoms with Gasteiger partial charge in [0.25, 0.3) is 5.91 Å². The molecule has 3 rings (SSSR count). The van der Waals surface area contributed by atoms with Crippen molar-refractivity contribution in [2.24, 2.45) is 13.0 Å². The second-order valence-corrected chi connectivity index (χ2v) is 5.84. The minimum Gasteiger partial charge on any atom is -0.370 e. The number of amides is 1. The molecular weight excluding hydrogens is 280 g/mol. The van der Waals surface area contributed by atoms with Crippen molar-refractivity contribution >= 4 is 5.91 Å². The number of carbonyl (C=O) groups excluding carboxylic acids is 1. The third-order valence-electron chi connectivity index (χ3n) is 4.26. The molecular formula is C16H22N4O2. The van der Waals surface area contributed by atoms with Gasteiger partial charge in [0.15, 0.2) is 0 Å². The fourth-order valence-electron chi connectivity index (χ4n) is 2.99. The van der Waals surface area contributed by atoms with Crippen LogP contribution in [-0.4, -0.2) is 33.6 Å².